The van der Waals surface area contributed by atoms with Gasteiger partial charge in [0.2, 0.25) is 0 Å². The molecule has 0 radical (unpaired) electrons. The molecule has 1 aromatic heterocycles. The first kappa shape index (κ1) is 6.99. The first-order valence-corrected chi connectivity index (χ1v) is 3.28. The molecule has 1 aromatic rings. The molecule has 0 aliphatic rings. The van der Waals surface area contributed by atoms with Crippen LogP contribution in [-0.2, 0) is 0 Å². The third-order valence-electron chi connectivity index (χ3n) is 1.20. The summed E-state index contributed by atoms with van der Waals surface area (Å²) in [4.78, 5) is 11.0. The summed E-state index contributed by atoms with van der Waals surface area (Å²) in [7, 11) is 0. The highest BCUT2D eigenvalue weighted by molar-refractivity contribution is 5.93. The van der Waals surface area contributed by atoms with Gasteiger partial charge in [-0.1, -0.05) is 12.1 Å². The van der Waals surface area contributed by atoms with Gasteiger partial charge in [0.05, 0.1) is 0 Å². The molecule has 0 saturated carbocycles. The molecule has 0 spiro atoms. The minimum Gasteiger partial charge on any atom is -0.364 e. The number of hydrogen-bond acceptors (Lipinski definition) is 3. The lowest BCUT2D eigenvalue weighted by Crippen LogP contribution is -1.97. The van der Waals surface area contributed by atoms with Gasteiger partial charge in [-0.3, -0.25) is 4.79 Å². The molecule has 3 heteroatoms. The Morgan fingerprint density at radius 2 is 2.60 bits per heavy atom. The molecule has 1 rings (SSSR count). The van der Waals surface area contributed by atoms with E-state index in [1.807, 2.05) is 6.92 Å². The maximum absolute atomic E-state index is 11.0. The van der Waals surface area contributed by atoms with Crippen molar-refractivity contribution in [3.05, 3.63) is 18.0 Å². The maximum Gasteiger partial charge on any atom is 0.184 e. The summed E-state index contributed by atoms with van der Waals surface area (Å²) in [5, 5.41) is 3.51. The molecule has 10 heavy (non-hydrogen) atoms. The number of ketones is 1. The highest BCUT2D eigenvalue weighted by atomic mass is 16.5. The van der Waals surface area contributed by atoms with Gasteiger partial charge in [-0.15, -0.1) is 0 Å². The number of carbonyl (C=O) groups excluding carboxylic acids is 1. The van der Waals surface area contributed by atoms with Crippen LogP contribution in [0.4, 0.5) is 0 Å². The zero-order chi connectivity index (χ0) is 7.40. The molecular formula is C7H9NO2. The molecule has 0 aliphatic heterocycles. The highest BCUT2D eigenvalue weighted by Crippen LogP contribution is 2.00. The molecule has 0 amide bonds. The van der Waals surface area contributed by atoms with Crippen molar-refractivity contribution in [1.29, 1.82) is 0 Å². The van der Waals surface area contributed by atoms with Crippen LogP contribution in [-0.4, -0.2) is 10.9 Å². The van der Waals surface area contributed by atoms with Crippen molar-refractivity contribution in [3.8, 4) is 0 Å². The second-order valence-corrected chi connectivity index (χ2v) is 2.06. The molecule has 0 bridgehead atoms. The Morgan fingerprint density at radius 3 is 3.10 bits per heavy atom. The average Bonchev–Trinajstić information content (AvgIpc) is 2.38. The quantitative estimate of drug-likeness (QED) is 0.598. The predicted molar refractivity (Wildman–Crippen MR) is 35.7 cm³/mol. The van der Waals surface area contributed by atoms with Gasteiger partial charge in [0.25, 0.3) is 0 Å². The Hall–Kier alpha value is -1.12. The second kappa shape index (κ2) is 3.15. The van der Waals surface area contributed by atoms with Crippen LogP contribution in [0.2, 0.25) is 0 Å². The first-order chi connectivity index (χ1) is 4.84. The van der Waals surface area contributed by atoms with Crippen molar-refractivity contribution in [1.82, 2.24) is 5.16 Å². The zero-order valence-electron chi connectivity index (χ0n) is 5.83. The summed E-state index contributed by atoms with van der Waals surface area (Å²) in [6.45, 7) is 1.96. The van der Waals surface area contributed by atoms with Crippen molar-refractivity contribution in [2.24, 2.45) is 0 Å². The summed E-state index contributed by atoms with van der Waals surface area (Å²) in [5.74, 6) is 0.0521. The fourth-order valence-corrected chi connectivity index (χ4v) is 0.712. The van der Waals surface area contributed by atoms with Crippen molar-refractivity contribution in [2.75, 3.05) is 0 Å². The van der Waals surface area contributed by atoms with Crippen molar-refractivity contribution >= 4 is 5.78 Å². The lowest BCUT2D eigenvalue weighted by molar-refractivity contribution is 0.0973. The molecule has 3 nitrogen and oxygen atoms in total. The normalized spacial score (nSPS) is 9.70. The topological polar surface area (TPSA) is 43.1 Å². The van der Waals surface area contributed by atoms with E-state index in [1.54, 1.807) is 6.07 Å². The fraction of sp³-hybridized carbons (Fsp3) is 0.429. The van der Waals surface area contributed by atoms with Crippen LogP contribution in [0.15, 0.2) is 16.9 Å². The number of rotatable bonds is 3. The van der Waals surface area contributed by atoms with Crippen molar-refractivity contribution in [3.63, 3.8) is 0 Å². The van der Waals surface area contributed by atoms with Gasteiger partial charge in [-0.2, -0.15) is 0 Å². The van der Waals surface area contributed by atoms with Crippen LogP contribution in [0, 0.1) is 0 Å². The van der Waals surface area contributed by atoms with Gasteiger partial charge in [-0.25, -0.2) is 0 Å². The number of nitrogens with zero attached hydrogens (tertiary/aromatic N) is 1. The van der Waals surface area contributed by atoms with E-state index in [9.17, 15) is 4.79 Å². The van der Waals surface area contributed by atoms with Gasteiger partial charge in [0.1, 0.15) is 12.0 Å². The minimum atomic E-state index is 0.0521. The average molecular weight is 139 g/mol. The van der Waals surface area contributed by atoms with Gasteiger partial charge in [0, 0.05) is 12.5 Å². The molecule has 0 aliphatic carbocycles. The summed E-state index contributed by atoms with van der Waals surface area (Å²) in [6, 6.07) is 1.58. The van der Waals surface area contributed by atoms with Crippen molar-refractivity contribution in [2.45, 2.75) is 19.8 Å². The standard InChI is InChI=1S/C7H9NO2/c1-2-3-7(9)6-4-5-10-8-6/h4-5H,2-3H2,1H3. The lowest BCUT2D eigenvalue weighted by atomic mass is 10.2. The van der Waals surface area contributed by atoms with E-state index in [0.717, 1.165) is 6.42 Å². The third-order valence-corrected chi connectivity index (χ3v) is 1.20. The Kier molecular flexibility index (Phi) is 2.20. The van der Waals surface area contributed by atoms with Crippen LogP contribution < -0.4 is 0 Å². The molecule has 0 N–H and O–H groups in total. The predicted octanol–water partition coefficient (Wildman–Crippen LogP) is 1.66. The van der Waals surface area contributed by atoms with Crippen LogP contribution in [0.1, 0.15) is 30.3 Å². The van der Waals surface area contributed by atoms with Gasteiger partial charge in [0.15, 0.2) is 5.78 Å². The SMILES string of the molecule is CCCC(=O)c1ccon1. The molecule has 0 fully saturated rings. The molecule has 0 unspecified atom stereocenters. The monoisotopic (exact) mass is 139 g/mol. The molecule has 1 heterocycles. The number of hydrogen-bond donors (Lipinski definition) is 0. The van der Waals surface area contributed by atoms with Crippen LogP contribution in [0.5, 0.6) is 0 Å². The van der Waals surface area contributed by atoms with E-state index < -0.39 is 0 Å². The highest BCUT2D eigenvalue weighted by Gasteiger charge is 2.05. The van der Waals surface area contributed by atoms with E-state index in [2.05, 4.69) is 9.68 Å². The summed E-state index contributed by atoms with van der Waals surface area (Å²) in [5.41, 5.74) is 0.432. The van der Waals surface area contributed by atoms with Gasteiger partial charge < -0.3 is 4.52 Å². The van der Waals surface area contributed by atoms with Crippen LogP contribution >= 0.6 is 0 Å². The van der Waals surface area contributed by atoms with Crippen molar-refractivity contribution < 1.29 is 9.32 Å². The molecule has 0 saturated heterocycles. The molecule has 0 aromatic carbocycles. The van der Waals surface area contributed by atoms with E-state index in [1.165, 1.54) is 6.26 Å². The van der Waals surface area contributed by atoms with Gasteiger partial charge >= 0.3 is 0 Å². The van der Waals surface area contributed by atoms with E-state index in [4.69, 9.17) is 0 Å². The Morgan fingerprint density at radius 1 is 1.80 bits per heavy atom. The maximum atomic E-state index is 11.0. The number of carbonyl (C=O) groups is 1. The molecular weight excluding hydrogens is 130 g/mol. The Balaban J connectivity index is 2.59. The lowest BCUT2D eigenvalue weighted by Gasteiger charge is -1.88. The summed E-state index contributed by atoms with van der Waals surface area (Å²) in [6.07, 6.45) is 2.81. The van der Waals surface area contributed by atoms with Crippen LogP contribution in [0.25, 0.3) is 0 Å². The zero-order valence-corrected chi connectivity index (χ0v) is 5.83. The van der Waals surface area contributed by atoms with E-state index >= 15 is 0 Å². The number of aromatic nitrogens is 1. The minimum absolute atomic E-state index is 0.0521. The molecule has 54 valence electrons. The Bertz CT molecular complexity index is 203. The first-order valence-electron chi connectivity index (χ1n) is 3.28. The van der Waals surface area contributed by atoms with Gasteiger partial charge in [-0.05, 0) is 6.42 Å². The smallest absolute Gasteiger partial charge is 0.184 e. The third kappa shape index (κ3) is 1.43. The number of Topliss-reactive ketones (excluding diaryl/α,β-unsaturated/α-hetero) is 1. The summed E-state index contributed by atoms with van der Waals surface area (Å²) >= 11 is 0. The second-order valence-electron chi connectivity index (χ2n) is 2.06. The van der Waals surface area contributed by atoms with E-state index in [-0.39, 0.29) is 5.78 Å². The molecule has 0 atom stereocenters. The summed E-state index contributed by atoms with van der Waals surface area (Å²) < 4.78 is 4.51. The van der Waals surface area contributed by atoms with E-state index in [0.29, 0.717) is 12.1 Å². The van der Waals surface area contributed by atoms with Crippen LogP contribution in [0.3, 0.4) is 0 Å². The Labute approximate surface area is 59.0 Å². The fourth-order valence-electron chi connectivity index (χ4n) is 0.712. The largest absolute Gasteiger partial charge is 0.364 e.